The summed E-state index contributed by atoms with van der Waals surface area (Å²) in [5.74, 6) is -0.738. The third-order valence-corrected chi connectivity index (χ3v) is 10.3. The highest BCUT2D eigenvalue weighted by atomic mass is 19.4. The Hall–Kier alpha value is -3.11. The maximum atomic E-state index is 14.0. The Morgan fingerprint density at radius 3 is 2.68 bits per heavy atom. The van der Waals surface area contributed by atoms with Crippen molar-refractivity contribution < 1.29 is 37.3 Å². The predicted octanol–water partition coefficient (Wildman–Crippen LogP) is 4.65. The van der Waals surface area contributed by atoms with Gasteiger partial charge in [-0.3, -0.25) is 9.69 Å². The number of rotatable bonds is 5. The normalized spacial score (nSPS) is 32.1. The van der Waals surface area contributed by atoms with Crippen molar-refractivity contribution >= 4 is 12.0 Å². The van der Waals surface area contributed by atoms with Crippen LogP contribution in [0.3, 0.4) is 0 Å². The van der Waals surface area contributed by atoms with Crippen LogP contribution in [0.1, 0.15) is 54.4 Å². The molecule has 5 atom stereocenters. The van der Waals surface area contributed by atoms with Gasteiger partial charge in [0, 0.05) is 31.3 Å². The van der Waals surface area contributed by atoms with Gasteiger partial charge < -0.3 is 19.8 Å². The van der Waals surface area contributed by atoms with Crippen molar-refractivity contribution in [2.75, 3.05) is 20.1 Å². The molecule has 1 saturated heterocycles. The molecule has 0 radical (unpaired) electrons. The van der Waals surface area contributed by atoms with Crippen LogP contribution in [0, 0.1) is 11.7 Å². The molecule has 7 rings (SSSR count). The summed E-state index contributed by atoms with van der Waals surface area (Å²) in [5, 5.41) is 23.4. The Morgan fingerprint density at radius 1 is 1.20 bits per heavy atom. The van der Waals surface area contributed by atoms with Gasteiger partial charge in [-0.2, -0.15) is 13.2 Å². The second-order valence-electron chi connectivity index (χ2n) is 12.4. The fourth-order valence-corrected chi connectivity index (χ4v) is 8.17. The molecule has 2 bridgehead atoms. The quantitative estimate of drug-likeness (QED) is 0.403. The number of likely N-dealkylation sites (N-methyl/N-ethyl adjacent to an activating group) is 1. The van der Waals surface area contributed by atoms with Crippen LogP contribution in [0.2, 0.25) is 0 Å². The van der Waals surface area contributed by atoms with Gasteiger partial charge in [0.1, 0.15) is 11.9 Å². The smallest absolute Gasteiger partial charge is 0.419 e. The van der Waals surface area contributed by atoms with Crippen molar-refractivity contribution in [1.82, 2.24) is 9.80 Å². The molecule has 2 N–H and O–H groups in total. The van der Waals surface area contributed by atoms with Crippen molar-refractivity contribution in [2.45, 2.75) is 73.9 Å². The Morgan fingerprint density at radius 2 is 1.98 bits per heavy atom. The topological polar surface area (TPSA) is 73.2 Å². The minimum absolute atomic E-state index is 0.0192. The summed E-state index contributed by atoms with van der Waals surface area (Å²) in [4.78, 5) is 17.3. The van der Waals surface area contributed by atoms with Gasteiger partial charge in [0.2, 0.25) is 5.91 Å². The minimum atomic E-state index is -4.80. The molecule has 3 aliphatic carbocycles. The molecule has 2 aromatic rings. The van der Waals surface area contributed by atoms with E-state index in [-0.39, 0.29) is 17.4 Å². The van der Waals surface area contributed by atoms with Crippen molar-refractivity contribution in [3.63, 3.8) is 0 Å². The van der Waals surface area contributed by atoms with E-state index in [0.717, 1.165) is 36.3 Å². The van der Waals surface area contributed by atoms with Gasteiger partial charge in [-0.1, -0.05) is 12.1 Å². The van der Waals surface area contributed by atoms with Crippen LogP contribution >= 0.6 is 0 Å². The number of hydrogen-bond acceptors (Lipinski definition) is 5. The van der Waals surface area contributed by atoms with Crippen LogP contribution in [-0.4, -0.2) is 69.8 Å². The van der Waals surface area contributed by atoms with Crippen LogP contribution in [0.15, 0.2) is 36.4 Å². The fraction of sp³-hybridized carbons (Fsp3) is 0.516. The maximum Gasteiger partial charge on any atom is 0.419 e. The molecule has 1 spiro atoms. The summed E-state index contributed by atoms with van der Waals surface area (Å²) in [6.45, 7) is 1.76. The summed E-state index contributed by atoms with van der Waals surface area (Å²) >= 11 is 0. The monoisotopic (exact) mass is 572 g/mol. The van der Waals surface area contributed by atoms with Gasteiger partial charge in [0.15, 0.2) is 11.5 Å². The summed E-state index contributed by atoms with van der Waals surface area (Å²) in [5.41, 5.74) is -1.15. The van der Waals surface area contributed by atoms with E-state index in [0.29, 0.717) is 43.4 Å². The molecule has 0 aromatic heterocycles. The molecule has 2 heterocycles. The number of benzene rings is 2. The number of carbonyl (C=O) groups is 1. The molecule has 3 fully saturated rings. The SMILES string of the molecule is CN(C(=O)C=Cc1ccc(C(F)(F)F)c(F)c1)[C@@H]1CC[C@@]2(O)[C@H]3Cc4ccc(O)c5c4[C@@]2(CCN3CC2CC2)[C@H]1O5. The summed E-state index contributed by atoms with van der Waals surface area (Å²) < 4.78 is 59.3. The zero-order valence-electron chi connectivity index (χ0n) is 22.6. The molecule has 41 heavy (non-hydrogen) atoms. The van der Waals surface area contributed by atoms with Gasteiger partial charge in [-0.25, -0.2) is 4.39 Å². The number of aromatic hydroxyl groups is 1. The van der Waals surface area contributed by atoms with Crippen molar-refractivity contribution in [2.24, 2.45) is 5.92 Å². The lowest BCUT2D eigenvalue weighted by Crippen LogP contribution is -2.78. The average molecular weight is 573 g/mol. The van der Waals surface area contributed by atoms with Gasteiger partial charge in [-0.05, 0) is 86.4 Å². The van der Waals surface area contributed by atoms with Crippen LogP contribution in [0.4, 0.5) is 17.6 Å². The van der Waals surface area contributed by atoms with E-state index in [4.69, 9.17) is 4.74 Å². The molecule has 5 aliphatic rings. The number of halogens is 4. The molecular formula is C31H32F4N2O4. The van der Waals surface area contributed by atoms with Gasteiger partial charge >= 0.3 is 6.18 Å². The molecule has 0 unspecified atom stereocenters. The first-order valence-electron chi connectivity index (χ1n) is 14.2. The number of phenols is 1. The molecule has 10 heteroatoms. The number of alkyl halides is 3. The van der Waals surface area contributed by atoms with E-state index in [1.54, 1.807) is 18.0 Å². The molecule has 218 valence electrons. The van der Waals surface area contributed by atoms with E-state index in [1.165, 1.54) is 25.0 Å². The number of phenolic OH excluding ortho intramolecular Hbond substituents is 1. The second-order valence-corrected chi connectivity index (χ2v) is 12.4. The largest absolute Gasteiger partial charge is 0.504 e. The highest BCUT2D eigenvalue weighted by Crippen LogP contribution is 2.66. The highest BCUT2D eigenvalue weighted by Gasteiger charge is 2.73. The van der Waals surface area contributed by atoms with Crippen LogP contribution in [-0.2, 0) is 22.8 Å². The molecule has 6 nitrogen and oxygen atoms in total. The summed E-state index contributed by atoms with van der Waals surface area (Å²) in [6.07, 6.45) is 1.81. The number of carbonyl (C=O) groups excluding carboxylic acids is 1. The lowest BCUT2D eigenvalue weighted by atomic mass is 9.48. The molecule has 2 saturated carbocycles. The highest BCUT2D eigenvalue weighted by molar-refractivity contribution is 5.92. The van der Waals surface area contributed by atoms with E-state index in [1.807, 2.05) is 6.07 Å². The maximum absolute atomic E-state index is 14.0. The summed E-state index contributed by atoms with van der Waals surface area (Å²) in [6, 6.07) is 5.60. The van der Waals surface area contributed by atoms with E-state index in [9.17, 15) is 32.6 Å². The number of ether oxygens (including phenoxy) is 1. The van der Waals surface area contributed by atoms with Crippen molar-refractivity contribution in [1.29, 1.82) is 0 Å². The number of piperidine rings is 1. The lowest BCUT2D eigenvalue weighted by molar-refractivity contribution is -0.200. The Labute approximate surface area is 235 Å². The standard InChI is InChI=1S/C31H32F4N2O4/c1-36(25(39)9-5-17-4-7-20(21(32)14-17)31(33,34)35)22-10-11-30(40)24-15-19-6-8-23(38)27-26(19)29(30,28(22)41-27)12-13-37(24)16-18-2-3-18/h4-9,14,18,22,24,28,38,40H,2-3,10-13,15-16H2,1H3/t22-,24-,28+,29+,30-/m1/s1. The van der Waals surface area contributed by atoms with Gasteiger partial charge in [0.25, 0.3) is 0 Å². The third-order valence-electron chi connectivity index (χ3n) is 10.3. The zero-order valence-corrected chi connectivity index (χ0v) is 22.6. The first-order chi connectivity index (χ1) is 19.4. The number of likely N-dealkylation sites (tertiary alicyclic amines) is 1. The predicted molar refractivity (Wildman–Crippen MR) is 142 cm³/mol. The van der Waals surface area contributed by atoms with Crippen molar-refractivity contribution in [3.05, 3.63) is 64.5 Å². The van der Waals surface area contributed by atoms with Crippen molar-refractivity contribution in [3.8, 4) is 11.5 Å². The molecule has 2 aromatic carbocycles. The van der Waals surface area contributed by atoms with Crippen LogP contribution in [0.5, 0.6) is 11.5 Å². The summed E-state index contributed by atoms with van der Waals surface area (Å²) in [7, 11) is 1.64. The molecular weight excluding hydrogens is 540 g/mol. The van der Waals surface area contributed by atoms with E-state index >= 15 is 0 Å². The van der Waals surface area contributed by atoms with Crippen LogP contribution in [0.25, 0.3) is 6.08 Å². The number of aliphatic hydroxyl groups is 1. The lowest BCUT2D eigenvalue weighted by Gasteiger charge is -2.64. The first-order valence-corrected chi connectivity index (χ1v) is 14.2. The number of hydrogen-bond donors (Lipinski definition) is 2. The zero-order chi connectivity index (χ0) is 28.9. The van der Waals surface area contributed by atoms with E-state index in [2.05, 4.69) is 4.90 Å². The van der Waals surface area contributed by atoms with Crippen LogP contribution < -0.4 is 4.74 Å². The van der Waals surface area contributed by atoms with Gasteiger partial charge in [0.05, 0.1) is 22.6 Å². The number of amides is 1. The Kier molecular flexibility index (Phi) is 5.84. The van der Waals surface area contributed by atoms with E-state index < -0.39 is 46.6 Å². The second kappa shape index (κ2) is 8.94. The Balaban J connectivity index is 1.19. The Bertz CT molecular complexity index is 1460. The van der Waals surface area contributed by atoms with Gasteiger partial charge in [-0.15, -0.1) is 0 Å². The fourth-order valence-electron chi connectivity index (χ4n) is 8.17. The third kappa shape index (κ3) is 3.86. The molecule has 2 aliphatic heterocycles. The number of nitrogens with zero attached hydrogens (tertiary/aromatic N) is 2. The first kappa shape index (κ1) is 26.8. The average Bonchev–Trinajstić information content (AvgIpc) is 3.66. The minimum Gasteiger partial charge on any atom is -0.504 e. The molecule has 1 amide bonds.